The van der Waals surface area contributed by atoms with Gasteiger partial charge in [-0.1, -0.05) is 18.2 Å². The fourth-order valence-electron chi connectivity index (χ4n) is 3.10. The monoisotopic (exact) mass is 370 g/mol. The first-order valence-corrected chi connectivity index (χ1v) is 9.01. The zero-order valence-electron chi connectivity index (χ0n) is 15.3. The van der Waals surface area contributed by atoms with Crippen LogP contribution in [0, 0.1) is 5.82 Å². The second-order valence-electron chi connectivity index (χ2n) is 6.53. The van der Waals surface area contributed by atoms with Gasteiger partial charge in [-0.25, -0.2) is 4.39 Å². The van der Waals surface area contributed by atoms with Gasteiger partial charge in [0.05, 0.1) is 11.3 Å². The number of carbonyl (C=O) groups is 2. The van der Waals surface area contributed by atoms with Gasteiger partial charge >= 0.3 is 0 Å². The molecule has 0 radical (unpaired) electrons. The first kappa shape index (κ1) is 18.8. The van der Waals surface area contributed by atoms with E-state index in [9.17, 15) is 14.0 Å². The zero-order valence-corrected chi connectivity index (χ0v) is 15.3. The molecule has 27 heavy (non-hydrogen) atoms. The number of aromatic nitrogens is 1. The van der Waals surface area contributed by atoms with E-state index in [2.05, 4.69) is 10.3 Å². The number of halogens is 1. The minimum absolute atomic E-state index is 0.0322. The molecule has 0 atom stereocenters. The molecule has 6 nitrogen and oxygen atoms in total. The molecule has 1 aliphatic heterocycles. The highest BCUT2D eigenvalue weighted by atomic mass is 19.1. The van der Waals surface area contributed by atoms with Gasteiger partial charge in [-0.3, -0.25) is 14.6 Å². The molecule has 1 aliphatic rings. The molecule has 0 unspecified atom stereocenters. The number of carbonyl (C=O) groups excluding carboxylic acids is 2. The van der Waals surface area contributed by atoms with E-state index in [4.69, 9.17) is 0 Å². The van der Waals surface area contributed by atoms with Gasteiger partial charge in [0.15, 0.2) is 0 Å². The quantitative estimate of drug-likeness (QED) is 0.876. The van der Waals surface area contributed by atoms with Crippen molar-refractivity contribution in [3.05, 3.63) is 59.7 Å². The first-order valence-electron chi connectivity index (χ1n) is 9.01. The standard InChI is InChI=1S/C20H23FN4O2/c1-15(26)24-8-10-25(11-9-24)20(27)17-12-18(14-22-13-17)23-7-6-16-4-2-3-5-19(16)21/h2-5,12-14,23H,6-11H2,1H3. The van der Waals surface area contributed by atoms with E-state index < -0.39 is 0 Å². The summed E-state index contributed by atoms with van der Waals surface area (Å²) < 4.78 is 13.7. The van der Waals surface area contributed by atoms with Crippen LogP contribution in [0.25, 0.3) is 0 Å². The highest BCUT2D eigenvalue weighted by Crippen LogP contribution is 2.14. The predicted octanol–water partition coefficient (Wildman–Crippen LogP) is 2.18. The number of hydrogen-bond acceptors (Lipinski definition) is 4. The number of nitrogens with zero attached hydrogens (tertiary/aromatic N) is 3. The molecule has 0 spiro atoms. The second-order valence-corrected chi connectivity index (χ2v) is 6.53. The van der Waals surface area contributed by atoms with Gasteiger partial charge in [0.25, 0.3) is 5.91 Å². The van der Waals surface area contributed by atoms with Crippen LogP contribution in [-0.4, -0.2) is 59.3 Å². The molecule has 7 heteroatoms. The van der Waals surface area contributed by atoms with Gasteiger partial charge in [0.2, 0.25) is 5.91 Å². The number of rotatable bonds is 5. The zero-order chi connectivity index (χ0) is 19.2. The number of anilines is 1. The average Bonchev–Trinajstić information content (AvgIpc) is 2.69. The maximum atomic E-state index is 13.7. The molecule has 1 aromatic heterocycles. The number of piperazine rings is 1. The molecule has 1 N–H and O–H groups in total. The van der Waals surface area contributed by atoms with E-state index in [1.165, 1.54) is 13.0 Å². The van der Waals surface area contributed by atoms with E-state index in [1.54, 1.807) is 40.4 Å². The van der Waals surface area contributed by atoms with Crippen LogP contribution in [-0.2, 0) is 11.2 Å². The van der Waals surface area contributed by atoms with Crippen LogP contribution in [0.2, 0.25) is 0 Å². The summed E-state index contributed by atoms with van der Waals surface area (Å²) in [7, 11) is 0. The number of nitrogens with one attached hydrogen (secondary N) is 1. The number of hydrogen-bond donors (Lipinski definition) is 1. The van der Waals surface area contributed by atoms with Crippen molar-refractivity contribution in [1.29, 1.82) is 0 Å². The van der Waals surface area contributed by atoms with Crippen molar-refractivity contribution in [3.8, 4) is 0 Å². The largest absolute Gasteiger partial charge is 0.383 e. The van der Waals surface area contributed by atoms with E-state index in [0.29, 0.717) is 50.3 Å². The van der Waals surface area contributed by atoms with E-state index in [-0.39, 0.29) is 17.6 Å². The lowest BCUT2D eigenvalue weighted by atomic mass is 10.1. The van der Waals surface area contributed by atoms with Crippen LogP contribution in [0.5, 0.6) is 0 Å². The van der Waals surface area contributed by atoms with Gasteiger partial charge < -0.3 is 15.1 Å². The van der Waals surface area contributed by atoms with Crippen LogP contribution >= 0.6 is 0 Å². The average molecular weight is 370 g/mol. The Morgan fingerprint density at radius 2 is 1.81 bits per heavy atom. The Morgan fingerprint density at radius 1 is 1.11 bits per heavy atom. The summed E-state index contributed by atoms with van der Waals surface area (Å²) in [5.41, 5.74) is 1.87. The molecule has 1 saturated heterocycles. The molecule has 2 amide bonds. The summed E-state index contributed by atoms with van der Waals surface area (Å²) in [6.45, 7) is 4.21. The third-order valence-electron chi connectivity index (χ3n) is 4.68. The van der Waals surface area contributed by atoms with Crippen molar-refractivity contribution in [2.45, 2.75) is 13.3 Å². The number of pyridine rings is 1. The molecular formula is C20H23FN4O2. The Balaban J connectivity index is 1.56. The molecule has 0 bridgehead atoms. The van der Waals surface area contributed by atoms with Crippen molar-refractivity contribution in [2.24, 2.45) is 0 Å². The normalized spacial score (nSPS) is 14.1. The number of amides is 2. The lowest BCUT2D eigenvalue weighted by molar-refractivity contribution is -0.130. The lowest BCUT2D eigenvalue weighted by Gasteiger charge is -2.34. The molecule has 1 aromatic carbocycles. The van der Waals surface area contributed by atoms with Crippen molar-refractivity contribution in [3.63, 3.8) is 0 Å². The summed E-state index contributed by atoms with van der Waals surface area (Å²) in [5.74, 6) is -0.278. The summed E-state index contributed by atoms with van der Waals surface area (Å²) in [6, 6.07) is 8.44. The SMILES string of the molecule is CC(=O)N1CCN(C(=O)c2cncc(NCCc3ccccc3F)c2)CC1. The Bertz CT molecular complexity index is 819. The van der Waals surface area contributed by atoms with Crippen LogP contribution < -0.4 is 5.32 Å². The Kier molecular flexibility index (Phi) is 6.01. The smallest absolute Gasteiger partial charge is 0.255 e. The van der Waals surface area contributed by atoms with Gasteiger partial charge in [-0.2, -0.15) is 0 Å². The lowest BCUT2D eigenvalue weighted by Crippen LogP contribution is -2.50. The summed E-state index contributed by atoms with van der Waals surface area (Å²) in [4.78, 5) is 31.7. The van der Waals surface area contributed by atoms with Crippen molar-refractivity contribution >= 4 is 17.5 Å². The molecule has 0 saturated carbocycles. The molecule has 2 heterocycles. The fraction of sp³-hybridized carbons (Fsp3) is 0.350. The van der Waals surface area contributed by atoms with Gasteiger partial charge in [0.1, 0.15) is 5.82 Å². The Hall–Kier alpha value is -2.96. The fourth-order valence-corrected chi connectivity index (χ4v) is 3.10. The van der Waals surface area contributed by atoms with Crippen molar-refractivity contribution in [2.75, 3.05) is 38.0 Å². The van der Waals surface area contributed by atoms with Crippen LogP contribution in [0.15, 0.2) is 42.7 Å². The number of benzene rings is 1. The van der Waals surface area contributed by atoms with Crippen LogP contribution in [0.1, 0.15) is 22.8 Å². The Morgan fingerprint density at radius 3 is 2.52 bits per heavy atom. The third-order valence-corrected chi connectivity index (χ3v) is 4.68. The molecule has 3 rings (SSSR count). The van der Waals surface area contributed by atoms with Crippen LogP contribution in [0.4, 0.5) is 10.1 Å². The summed E-state index contributed by atoms with van der Waals surface area (Å²) >= 11 is 0. The predicted molar refractivity (Wildman–Crippen MR) is 101 cm³/mol. The highest BCUT2D eigenvalue weighted by Gasteiger charge is 2.23. The molecule has 1 fully saturated rings. The third kappa shape index (κ3) is 4.81. The molecular weight excluding hydrogens is 347 g/mol. The van der Waals surface area contributed by atoms with Crippen molar-refractivity contribution in [1.82, 2.24) is 14.8 Å². The summed E-state index contributed by atoms with van der Waals surface area (Å²) in [5, 5.41) is 3.19. The second kappa shape index (κ2) is 8.62. The minimum atomic E-state index is -0.217. The van der Waals surface area contributed by atoms with Gasteiger partial charge in [-0.05, 0) is 24.1 Å². The summed E-state index contributed by atoms with van der Waals surface area (Å²) in [6.07, 6.45) is 3.73. The molecule has 142 valence electrons. The van der Waals surface area contributed by atoms with Crippen LogP contribution in [0.3, 0.4) is 0 Å². The Labute approximate surface area is 158 Å². The van der Waals surface area contributed by atoms with Gasteiger partial charge in [0, 0.05) is 52.0 Å². The maximum Gasteiger partial charge on any atom is 0.255 e. The molecule has 0 aliphatic carbocycles. The highest BCUT2D eigenvalue weighted by molar-refractivity contribution is 5.95. The minimum Gasteiger partial charge on any atom is -0.383 e. The first-order chi connectivity index (χ1) is 13.0. The van der Waals surface area contributed by atoms with Gasteiger partial charge in [-0.15, -0.1) is 0 Å². The maximum absolute atomic E-state index is 13.7. The van der Waals surface area contributed by atoms with E-state index in [0.717, 1.165) is 5.69 Å². The van der Waals surface area contributed by atoms with E-state index >= 15 is 0 Å². The van der Waals surface area contributed by atoms with E-state index in [1.807, 2.05) is 6.07 Å². The van der Waals surface area contributed by atoms with Crippen molar-refractivity contribution < 1.29 is 14.0 Å². The molecule has 2 aromatic rings. The topological polar surface area (TPSA) is 65.5 Å².